The van der Waals surface area contributed by atoms with Crippen molar-refractivity contribution in [1.82, 2.24) is 9.71 Å². The minimum atomic E-state index is -3.79. The van der Waals surface area contributed by atoms with Gasteiger partial charge in [-0.05, 0) is 36.4 Å². The second kappa shape index (κ2) is 9.00. The maximum Gasteiger partial charge on any atom is 0.241 e. The molecule has 0 saturated carbocycles. The molecule has 28 heavy (non-hydrogen) atoms. The second-order valence-corrected chi connectivity index (χ2v) is 7.82. The monoisotopic (exact) mass is 406 g/mol. The van der Waals surface area contributed by atoms with Crippen molar-refractivity contribution in [3.05, 3.63) is 42.6 Å². The molecule has 9 nitrogen and oxygen atoms in total. The molecular weight excluding hydrogens is 384 g/mol. The SMILES string of the molecule is COc1ccc(S(=O)(=O)NCC(=O)Nc2ccc(N3CCOCC3)nc2)cc1. The Kier molecular flexibility index (Phi) is 6.45. The molecule has 1 amide bonds. The number of ether oxygens (including phenoxy) is 2. The number of methoxy groups -OCH3 is 1. The Morgan fingerprint density at radius 3 is 2.50 bits per heavy atom. The Hall–Kier alpha value is -2.69. The summed E-state index contributed by atoms with van der Waals surface area (Å²) in [6.07, 6.45) is 1.54. The molecule has 1 aliphatic heterocycles. The van der Waals surface area contributed by atoms with E-state index in [4.69, 9.17) is 9.47 Å². The van der Waals surface area contributed by atoms with E-state index in [-0.39, 0.29) is 11.4 Å². The summed E-state index contributed by atoms with van der Waals surface area (Å²) in [5, 5.41) is 2.62. The van der Waals surface area contributed by atoms with Gasteiger partial charge in [-0.25, -0.2) is 18.1 Å². The Labute approximate surface area is 163 Å². The molecular formula is C18H22N4O5S. The van der Waals surface area contributed by atoms with E-state index < -0.39 is 15.9 Å². The van der Waals surface area contributed by atoms with Crippen LogP contribution in [-0.4, -0.2) is 59.3 Å². The lowest BCUT2D eigenvalue weighted by molar-refractivity contribution is -0.115. The van der Waals surface area contributed by atoms with E-state index in [0.29, 0.717) is 24.7 Å². The highest BCUT2D eigenvalue weighted by atomic mass is 32.2. The quantitative estimate of drug-likeness (QED) is 0.701. The summed E-state index contributed by atoms with van der Waals surface area (Å²) in [5.74, 6) is 0.865. The van der Waals surface area contributed by atoms with Crippen LogP contribution in [0.5, 0.6) is 5.75 Å². The van der Waals surface area contributed by atoms with Gasteiger partial charge < -0.3 is 19.7 Å². The predicted molar refractivity (Wildman–Crippen MR) is 104 cm³/mol. The molecule has 1 aliphatic rings. The van der Waals surface area contributed by atoms with Crippen molar-refractivity contribution in [2.75, 3.05) is 50.2 Å². The van der Waals surface area contributed by atoms with E-state index in [1.54, 1.807) is 12.3 Å². The van der Waals surface area contributed by atoms with Crippen LogP contribution in [0.1, 0.15) is 0 Å². The molecule has 1 aromatic carbocycles. The molecule has 1 aromatic heterocycles. The summed E-state index contributed by atoms with van der Waals surface area (Å²) < 4.78 is 37.1. The number of hydrogen-bond acceptors (Lipinski definition) is 7. The van der Waals surface area contributed by atoms with Crippen LogP contribution in [0, 0.1) is 0 Å². The Morgan fingerprint density at radius 1 is 1.18 bits per heavy atom. The summed E-state index contributed by atoms with van der Waals surface area (Å²) in [7, 11) is -2.30. The molecule has 2 heterocycles. The van der Waals surface area contributed by atoms with Crippen molar-refractivity contribution in [1.29, 1.82) is 0 Å². The molecule has 1 fully saturated rings. The van der Waals surface area contributed by atoms with Crippen LogP contribution in [0.25, 0.3) is 0 Å². The molecule has 2 N–H and O–H groups in total. The van der Waals surface area contributed by atoms with E-state index in [1.165, 1.54) is 31.4 Å². The zero-order valence-electron chi connectivity index (χ0n) is 15.4. The zero-order valence-corrected chi connectivity index (χ0v) is 16.2. The zero-order chi connectivity index (χ0) is 20.0. The first-order valence-electron chi connectivity index (χ1n) is 8.70. The maximum absolute atomic E-state index is 12.2. The molecule has 10 heteroatoms. The number of anilines is 2. The first-order chi connectivity index (χ1) is 13.5. The van der Waals surface area contributed by atoms with Gasteiger partial charge >= 0.3 is 0 Å². The van der Waals surface area contributed by atoms with Gasteiger partial charge in [0.2, 0.25) is 15.9 Å². The molecule has 0 unspecified atom stereocenters. The lowest BCUT2D eigenvalue weighted by Gasteiger charge is -2.27. The van der Waals surface area contributed by atoms with Gasteiger partial charge in [0.25, 0.3) is 0 Å². The molecule has 0 atom stereocenters. The van der Waals surface area contributed by atoms with Crippen LogP contribution in [0.4, 0.5) is 11.5 Å². The van der Waals surface area contributed by atoms with E-state index in [0.717, 1.165) is 18.9 Å². The Balaban J connectivity index is 1.53. The highest BCUT2D eigenvalue weighted by molar-refractivity contribution is 7.89. The van der Waals surface area contributed by atoms with Gasteiger partial charge in [0, 0.05) is 13.1 Å². The van der Waals surface area contributed by atoms with Crippen molar-refractivity contribution in [2.24, 2.45) is 0 Å². The first-order valence-corrected chi connectivity index (χ1v) is 10.2. The van der Waals surface area contributed by atoms with Gasteiger partial charge in [0.1, 0.15) is 11.6 Å². The summed E-state index contributed by atoms with van der Waals surface area (Å²) in [6, 6.07) is 9.43. The van der Waals surface area contributed by atoms with Crippen molar-refractivity contribution >= 4 is 27.4 Å². The summed E-state index contributed by atoms with van der Waals surface area (Å²) in [6.45, 7) is 2.47. The summed E-state index contributed by atoms with van der Waals surface area (Å²) >= 11 is 0. The Bertz CT molecular complexity index is 895. The number of nitrogens with zero attached hydrogens (tertiary/aromatic N) is 2. The molecule has 0 aliphatic carbocycles. The molecule has 0 bridgehead atoms. The molecule has 3 rings (SSSR count). The van der Waals surface area contributed by atoms with Gasteiger partial charge in [0.05, 0.1) is 43.6 Å². The number of rotatable bonds is 7. The number of aromatic nitrogens is 1. The van der Waals surface area contributed by atoms with Gasteiger partial charge in [-0.2, -0.15) is 0 Å². The normalized spacial score (nSPS) is 14.5. The topological polar surface area (TPSA) is 110 Å². The lowest BCUT2D eigenvalue weighted by atomic mass is 10.3. The van der Waals surface area contributed by atoms with Crippen LogP contribution in [0.3, 0.4) is 0 Å². The van der Waals surface area contributed by atoms with Crippen LogP contribution in [0.2, 0.25) is 0 Å². The Morgan fingerprint density at radius 2 is 1.89 bits per heavy atom. The number of benzene rings is 1. The van der Waals surface area contributed by atoms with Crippen molar-refractivity contribution < 1.29 is 22.7 Å². The third-order valence-corrected chi connectivity index (χ3v) is 5.58. The van der Waals surface area contributed by atoms with Gasteiger partial charge in [-0.1, -0.05) is 0 Å². The van der Waals surface area contributed by atoms with Gasteiger partial charge in [-0.3, -0.25) is 4.79 Å². The van der Waals surface area contributed by atoms with Crippen molar-refractivity contribution in [2.45, 2.75) is 4.90 Å². The number of sulfonamides is 1. The standard InChI is InChI=1S/C18H22N4O5S/c1-26-15-3-5-16(6-4-15)28(24,25)20-13-18(23)21-14-2-7-17(19-12-14)22-8-10-27-11-9-22/h2-7,12,20H,8-11,13H2,1H3,(H,21,23). The first kappa shape index (κ1) is 20.1. The second-order valence-electron chi connectivity index (χ2n) is 6.05. The lowest BCUT2D eigenvalue weighted by Crippen LogP contribution is -2.36. The van der Waals surface area contributed by atoms with E-state index in [1.807, 2.05) is 6.07 Å². The molecule has 1 saturated heterocycles. The predicted octanol–water partition coefficient (Wildman–Crippen LogP) is 0.844. The number of morpholine rings is 1. The minimum absolute atomic E-state index is 0.0534. The number of amides is 1. The summed E-state index contributed by atoms with van der Waals surface area (Å²) in [5.41, 5.74) is 0.491. The van der Waals surface area contributed by atoms with Crippen LogP contribution in [0.15, 0.2) is 47.5 Å². The fourth-order valence-corrected chi connectivity index (χ4v) is 3.63. The number of hydrogen-bond donors (Lipinski definition) is 2. The van der Waals surface area contributed by atoms with Crippen LogP contribution in [-0.2, 0) is 19.6 Å². The minimum Gasteiger partial charge on any atom is -0.497 e. The molecule has 0 radical (unpaired) electrons. The third kappa shape index (κ3) is 5.18. The average Bonchev–Trinajstić information content (AvgIpc) is 2.73. The number of carbonyl (C=O) groups excluding carboxylic acids is 1. The molecule has 0 spiro atoms. The maximum atomic E-state index is 12.2. The van der Waals surface area contributed by atoms with Gasteiger partial charge in [0.15, 0.2) is 0 Å². The fourth-order valence-electron chi connectivity index (χ4n) is 2.64. The van der Waals surface area contributed by atoms with E-state index in [9.17, 15) is 13.2 Å². The van der Waals surface area contributed by atoms with Crippen molar-refractivity contribution in [3.8, 4) is 5.75 Å². The smallest absolute Gasteiger partial charge is 0.241 e. The van der Waals surface area contributed by atoms with Crippen LogP contribution < -0.4 is 19.7 Å². The van der Waals surface area contributed by atoms with E-state index >= 15 is 0 Å². The molecule has 2 aromatic rings. The third-order valence-electron chi connectivity index (χ3n) is 4.16. The van der Waals surface area contributed by atoms with Gasteiger partial charge in [-0.15, -0.1) is 0 Å². The van der Waals surface area contributed by atoms with E-state index in [2.05, 4.69) is 19.9 Å². The number of pyridine rings is 1. The highest BCUT2D eigenvalue weighted by Gasteiger charge is 2.16. The number of nitrogens with one attached hydrogen (secondary N) is 2. The highest BCUT2D eigenvalue weighted by Crippen LogP contribution is 2.16. The fraction of sp³-hybridized carbons (Fsp3) is 0.333. The summed E-state index contributed by atoms with van der Waals surface area (Å²) in [4.78, 5) is 18.5. The average molecular weight is 406 g/mol. The van der Waals surface area contributed by atoms with Crippen LogP contribution >= 0.6 is 0 Å². The molecule has 150 valence electrons. The largest absolute Gasteiger partial charge is 0.497 e. The van der Waals surface area contributed by atoms with Crippen molar-refractivity contribution in [3.63, 3.8) is 0 Å². The number of carbonyl (C=O) groups is 1.